The van der Waals surface area contributed by atoms with E-state index < -0.39 is 0 Å². The lowest BCUT2D eigenvalue weighted by Crippen LogP contribution is -2.15. The zero-order chi connectivity index (χ0) is 16.9. The number of aromatic nitrogens is 3. The summed E-state index contributed by atoms with van der Waals surface area (Å²) in [6.45, 7) is 3.77. The highest BCUT2D eigenvalue weighted by atomic mass is 16.5. The first-order valence-corrected chi connectivity index (χ1v) is 7.50. The van der Waals surface area contributed by atoms with Gasteiger partial charge in [-0.15, -0.1) is 0 Å². The molecule has 1 amide bonds. The van der Waals surface area contributed by atoms with E-state index in [1.165, 1.54) is 6.33 Å². The molecule has 0 aliphatic carbocycles. The molecule has 7 heteroatoms. The van der Waals surface area contributed by atoms with E-state index in [4.69, 9.17) is 4.52 Å². The molecule has 0 aliphatic heterocycles. The van der Waals surface area contributed by atoms with Crippen LogP contribution in [0.25, 0.3) is 0 Å². The Morgan fingerprint density at radius 2 is 1.92 bits per heavy atom. The highest BCUT2D eigenvalue weighted by molar-refractivity contribution is 6.02. The first-order chi connectivity index (χ1) is 11.6. The number of rotatable bonds is 5. The molecule has 0 aliphatic rings. The third-order valence-electron chi connectivity index (χ3n) is 3.43. The number of nitrogens with one attached hydrogen (secondary N) is 2. The van der Waals surface area contributed by atoms with Gasteiger partial charge in [-0.1, -0.05) is 35.5 Å². The fraction of sp³-hybridized carbons (Fsp3) is 0.176. The van der Waals surface area contributed by atoms with Crippen molar-refractivity contribution in [1.82, 2.24) is 15.1 Å². The van der Waals surface area contributed by atoms with Crippen LogP contribution in [-0.4, -0.2) is 21.0 Å². The second-order valence-corrected chi connectivity index (χ2v) is 5.34. The number of aryl methyl sites for hydroxylation is 1. The molecule has 2 N–H and O–H groups in total. The topological polar surface area (TPSA) is 92.9 Å². The molecule has 0 saturated heterocycles. The number of benzene rings is 1. The SMILES string of the molecule is Cc1cc(NC(=O)c2cc(NC(C)c3ccccc3)ncn2)no1. The minimum atomic E-state index is -0.374. The first-order valence-electron chi connectivity index (χ1n) is 7.50. The Morgan fingerprint density at radius 1 is 1.12 bits per heavy atom. The van der Waals surface area contributed by atoms with Crippen molar-refractivity contribution in [2.24, 2.45) is 0 Å². The monoisotopic (exact) mass is 323 g/mol. The molecule has 0 saturated carbocycles. The molecule has 122 valence electrons. The molecule has 2 heterocycles. The van der Waals surface area contributed by atoms with Crippen LogP contribution in [0.5, 0.6) is 0 Å². The number of anilines is 2. The van der Waals surface area contributed by atoms with Gasteiger partial charge < -0.3 is 15.2 Å². The number of hydrogen-bond acceptors (Lipinski definition) is 6. The van der Waals surface area contributed by atoms with Crippen LogP contribution in [0.2, 0.25) is 0 Å². The van der Waals surface area contributed by atoms with Crippen molar-refractivity contribution in [3.63, 3.8) is 0 Å². The molecule has 3 rings (SSSR count). The summed E-state index contributed by atoms with van der Waals surface area (Å²) < 4.78 is 4.92. The average molecular weight is 323 g/mol. The van der Waals surface area contributed by atoms with E-state index >= 15 is 0 Å². The fourth-order valence-electron chi connectivity index (χ4n) is 2.21. The van der Waals surface area contributed by atoms with Crippen LogP contribution < -0.4 is 10.6 Å². The maximum absolute atomic E-state index is 12.2. The lowest BCUT2D eigenvalue weighted by atomic mass is 10.1. The van der Waals surface area contributed by atoms with Crippen molar-refractivity contribution in [2.75, 3.05) is 10.6 Å². The second kappa shape index (κ2) is 6.91. The maximum Gasteiger partial charge on any atom is 0.275 e. The van der Waals surface area contributed by atoms with Crippen LogP contribution in [-0.2, 0) is 0 Å². The molecule has 2 aromatic heterocycles. The molecule has 1 aromatic carbocycles. The van der Waals surface area contributed by atoms with E-state index in [9.17, 15) is 4.79 Å². The molecule has 1 unspecified atom stereocenters. The maximum atomic E-state index is 12.2. The zero-order valence-corrected chi connectivity index (χ0v) is 13.4. The largest absolute Gasteiger partial charge is 0.363 e. The van der Waals surface area contributed by atoms with E-state index in [1.54, 1.807) is 19.1 Å². The summed E-state index contributed by atoms with van der Waals surface area (Å²) in [4.78, 5) is 20.4. The Balaban J connectivity index is 1.70. The summed E-state index contributed by atoms with van der Waals surface area (Å²) in [5, 5.41) is 9.61. The standard InChI is InChI=1S/C17H17N5O2/c1-11-8-16(22-24-11)21-17(23)14-9-15(19-10-18-14)20-12(2)13-6-4-3-5-7-13/h3-10,12H,1-2H3,(H,18,19,20)(H,21,22,23). The van der Waals surface area contributed by atoms with Crippen molar-refractivity contribution in [3.8, 4) is 0 Å². The van der Waals surface area contributed by atoms with Gasteiger partial charge in [-0.3, -0.25) is 4.79 Å². The Bertz CT molecular complexity index is 832. The number of hydrogen-bond donors (Lipinski definition) is 2. The minimum absolute atomic E-state index is 0.0511. The Labute approximate surface area is 139 Å². The molecule has 0 spiro atoms. The molecule has 0 bridgehead atoms. The Hall–Kier alpha value is -3.22. The van der Waals surface area contributed by atoms with Gasteiger partial charge >= 0.3 is 0 Å². The van der Waals surface area contributed by atoms with Gasteiger partial charge in [0.25, 0.3) is 5.91 Å². The Morgan fingerprint density at radius 3 is 2.62 bits per heavy atom. The molecule has 0 fully saturated rings. The van der Waals surface area contributed by atoms with E-state index in [0.717, 1.165) is 5.56 Å². The summed E-state index contributed by atoms with van der Waals surface area (Å²) in [6, 6.07) is 13.3. The predicted molar refractivity (Wildman–Crippen MR) is 89.7 cm³/mol. The summed E-state index contributed by atoms with van der Waals surface area (Å²) in [7, 11) is 0. The lowest BCUT2D eigenvalue weighted by molar-refractivity contribution is 0.102. The molecule has 1 atom stereocenters. The molecule has 24 heavy (non-hydrogen) atoms. The predicted octanol–water partition coefficient (Wildman–Crippen LogP) is 3.20. The minimum Gasteiger partial charge on any atom is -0.363 e. The smallest absolute Gasteiger partial charge is 0.275 e. The highest BCUT2D eigenvalue weighted by Crippen LogP contribution is 2.18. The van der Waals surface area contributed by atoms with Crippen LogP contribution in [0, 0.1) is 6.92 Å². The van der Waals surface area contributed by atoms with Crippen LogP contribution in [0.1, 0.15) is 34.8 Å². The average Bonchev–Trinajstić information content (AvgIpc) is 3.00. The second-order valence-electron chi connectivity index (χ2n) is 5.34. The van der Waals surface area contributed by atoms with Crippen LogP contribution in [0.15, 0.2) is 53.3 Å². The molecule has 0 radical (unpaired) electrons. The van der Waals surface area contributed by atoms with Gasteiger partial charge in [0.2, 0.25) is 0 Å². The third kappa shape index (κ3) is 3.75. The first kappa shape index (κ1) is 15.7. The number of nitrogens with zero attached hydrogens (tertiary/aromatic N) is 3. The number of amides is 1. The summed E-state index contributed by atoms with van der Waals surface area (Å²) >= 11 is 0. The van der Waals surface area contributed by atoms with Crippen molar-refractivity contribution in [2.45, 2.75) is 19.9 Å². The van der Waals surface area contributed by atoms with Crippen LogP contribution >= 0.6 is 0 Å². The molecular weight excluding hydrogens is 306 g/mol. The summed E-state index contributed by atoms with van der Waals surface area (Å²) in [6.07, 6.45) is 1.35. The van der Waals surface area contributed by atoms with Gasteiger partial charge in [-0.25, -0.2) is 9.97 Å². The van der Waals surface area contributed by atoms with E-state index in [1.807, 2.05) is 37.3 Å². The van der Waals surface area contributed by atoms with Gasteiger partial charge in [0.1, 0.15) is 23.6 Å². The van der Waals surface area contributed by atoms with Crippen molar-refractivity contribution in [1.29, 1.82) is 0 Å². The Kier molecular flexibility index (Phi) is 4.51. The summed E-state index contributed by atoms with van der Waals surface area (Å²) in [5.41, 5.74) is 1.37. The van der Waals surface area contributed by atoms with E-state index in [-0.39, 0.29) is 17.6 Å². The van der Waals surface area contributed by atoms with E-state index in [0.29, 0.717) is 17.4 Å². The molecule has 3 aromatic rings. The zero-order valence-electron chi connectivity index (χ0n) is 13.4. The third-order valence-corrected chi connectivity index (χ3v) is 3.43. The van der Waals surface area contributed by atoms with Gasteiger partial charge in [0.05, 0.1) is 0 Å². The van der Waals surface area contributed by atoms with Gasteiger partial charge in [-0.05, 0) is 19.4 Å². The number of carbonyl (C=O) groups excluding carboxylic acids is 1. The summed E-state index contributed by atoms with van der Waals surface area (Å²) in [5.74, 6) is 1.17. The van der Waals surface area contributed by atoms with E-state index in [2.05, 4.69) is 25.8 Å². The van der Waals surface area contributed by atoms with Gasteiger partial charge in [-0.2, -0.15) is 0 Å². The highest BCUT2D eigenvalue weighted by Gasteiger charge is 2.12. The number of carbonyl (C=O) groups is 1. The molecule has 7 nitrogen and oxygen atoms in total. The van der Waals surface area contributed by atoms with Crippen molar-refractivity contribution >= 4 is 17.5 Å². The normalized spacial score (nSPS) is 11.8. The van der Waals surface area contributed by atoms with Crippen LogP contribution in [0.3, 0.4) is 0 Å². The van der Waals surface area contributed by atoms with Crippen LogP contribution in [0.4, 0.5) is 11.6 Å². The van der Waals surface area contributed by atoms with Crippen molar-refractivity contribution in [3.05, 3.63) is 65.8 Å². The molecular formula is C17H17N5O2. The van der Waals surface area contributed by atoms with Gasteiger partial charge in [0, 0.05) is 18.2 Å². The lowest BCUT2D eigenvalue weighted by Gasteiger charge is -2.15. The quantitative estimate of drug-likeness (QED) is 0.749. The van der Waals surface area contributed by atoms with Crippen molar-refractivity contribution < 1.29 is 9.32 Å². The fourth-order valence-corrected chi connectivity index (χ4v) is 2.21. The van der Waals surface area contributed by atoms with Gasteiger partial charge in [0.15, 0.2) is 5.82 Å².